The second-order valence-electron chi connectivity index (χ2n) is 8.24. The van der Waals surface area contributed by atoms with E-state index in [0.29, 0.717) is 23.6 Å². The van der Waals surface area contributed by atoms with Crippen LogP contribution in [0.3, 0.4) is 0 Å². The largest absolute Gasteiger partial charge is 0.493 e. The van der Waals surface area contributed by atoms with Crippen molar-refractivity contribution in [3.63, 3.8) is 0 Å². The molecule has 9 heteroatoms. The van der Waals surface area contributed by atoms with Crippen molar-refractivity contribution in [2.24, 2.45) is 0 Å². The summed E-state index contributed by atoms with van der Waals surface area (Å²) < 4.78 is 13.0. The van der Waals surface area contributed by atoms with Crippen LogP contribution in [0.2, 0.25) is 0 Å². The van der Waals surface area contributed by atoms with E-state index in [2.05, 4.69) is 17.2 Å². The Labute approximate surface area is 207 Å². The number of nitrogens with zero attached hydrogens (tertiary/aromatic N) is 3. The number of ether oxygens (including phenoxy) is 2. The number of carbonyl (C=O) groups excluding carboxylic acids is 1. The van der Waals surface area contributed by atoms with E-state index in [1.54, 1.807) is 32.4 Å². The van der Waals surface area contributed by atoms with Gasteiger partial charge in [0.2, 0.25) is 5.91 Å². The Morgan fingerprint density at radius 3 is 2.36 bits per heavy atom. The number of pyridine rings is 1. The van der Waals surface area contributed by atoms with Gasteiger partial charge < -0.3 is 14.8 Å². The fourth-order valence-electron chi connectivity index (χ4n) is 4.03. The van der Waals surface area contributed by atoms with E-state index in [4.69, 9.17) is 9.47 Å². The molecule has 2 aromatic carbocycles. The molecule has 0 unspecified atom stereocenters. The second kappa shape index (κ2) is 10.9. The molecule has 0 spiro atoms. The Hall–Kier alpha value is -4.40. The molecule has 0 atom stereocenters. The molecule has 186 valence electrons. The Morgan fingerprint density at radius 1 is 0.944 bits per heavy atom. The number of hydrogen-bond donors (Lipinski definition) is 1. The summed E-state index contributed by atoms with van der Waals surface area (Å²) in [7, 11) is 3.10. The molecule has 0 radical (unpaired) electrons. The summed E-state index contributed by atoms with van der Waals surface area (Å²) in [5.41, 5.74) is 1.78. The Kier molecular flexibility index (Phi) is 7.48. The maximum atomic E-state index is 13.4. The zero-order valence-electron chi connectivity index (χ0n) is 20.5. The molecule has 2 aromatic heterocycles. The van der Waals surface area contributed by atoms with Gasteiger partial charge >= 0.3 is 5.69 Å². The Bertz CT molecular complexity index is 1510. The highest BCUT2D eigenvalue weighted by Gasteiger charge is 2.17. The van der Waals surface area contributed by atoms with Crippen LogP contribution >= 0.6 is 0 Å². The van der Waals surface area contributed by atoms with Gasteiger partial charge in [-0.3, -0.25) is 18.7 Å². The highest BCUT2D eigenvalue weighted by molar-refractivity contribution is 5.91. The van der Waals surface area contributed by atoms with Crippen molar-refractivity contribution in [3.8, 4) is 11.5 Å². The van der Waals surface area contributed by atoms with Crippen LogP contribution in [0, 0.1) is 0 Å². The summed E-state index contributed by atoms with van der Waals surface area (Å²) in [5, 5.41) is 3.08. The molecule has 4 rings (SSSR count). The minimum absolute atomic E-state index is 0.123. The predicted octanol–water partition coefficient (Wildman–Crippen LogP) is 3.02. The van der Waals surface area contributed by atoms with Gasteiger partial charge in [-0.25, -0.2) is 9.78 Å². The van der Waals surface area contributed by atoms with Gasteiger partial charge in [-0.15, -0.1) is 0 Å². The number of methoxy groups -OCH3 is 2. The summed E-state index contributed by atoms with van der Waals surface area (Å²) in [4.78, 5) is 43.6. The van der Waals surface area contributed by atoms with E-state index in [9.17, 15) is 14.4 Å². The van der Waals surface area contributed by atoms with Crippen molar-refractivity contribution in [3.05, 3.63) is 92.8 Å². The van der Waals surface area contributed by atoms with Crippen LogP contribution in [-0.2, 0) is 30.7 Å². The van der Waals surface area contributed by atoms with Gasteiger partial charge in [0.15, 0.2) is 11.5 Å². The van der Waals surface area contributed by atoms with Crippen LogP contribution < -0.4 is 26.0 Å². The highest BCUT2D eigenvalue weighted by Crippen LogP contribution is 2.27. The molecule has 0 aliphatic heterocycles. The lowest BCUT2D eigenvalue weighted by atomic mass is 10.1. The van der Waals surface area contributed by atoms with E-state index in [1.807, 2.05) is 36.4 Å². The number of aromatic nitrogens is 3. The zero-order chi connectivity index (χ0) is 25.7. The first-order chi connectivity index (χ1) is 17.4. The molecule has 2 heterocycles. The van der Waals surface area contributed by atoms with Crippen LogP contribution in [0.25, 0.3) is 11.0 Å². The molecule has 0 aliphatic rings. The molecule has 9 nitrogen and oxygen atoms in total. The number of nitrogens with one attached hydrogen (secondary N) is 1. The normalized spacial score (nSPS) is 10.9. The summed E-state index contributed by atoms with van der Waals surface area (Å²) in [5.74, 6) is 0.761. The van der Waals surface area contributed by atoms with E-state index in [-0.39, 0.29) is 24.1 Å². The molecule has 0 fully saturated rings. The van der Waals surface area contributed by atoms with E-state index < -0.39 is 17.2 Å². The van der Waals surface area contributed by atoms with E-state index in [1.165, 1.54) is 10.8 Å². The molecule has 1 N–H and O–H groups in total. The SMILES string of the molecule is CCc1ccc(NC(=O)Cn2c(=O)n(CCc3ccc(OC)c(OC)c3)c(=O)c3cccnc32)cc1. The smallest absolute Gasteiger partial charge is 0.333 e. The molecule has 4 aromatic rings. The number of carbonyl (C=O) groups is 1. The van der Waals surface area contributed by atoms with Gasteiger partial charge in [0.05, 0.1) is 19.6 Å². The van der Waals surface area contributed by atoms with Crippen LogP contribution in [0.1, 0.15) is 18.1 Å². The standard InChI is InChI=1S/C27H28N4O5/c1-4-18-7-10-20(11-8-18)29-24(32)17-31-25-21(6-5-14-28-25)26(33)30(27(31)34)15-13-19-9-12-22(35-2)23(16-19)36-3/h5-12,14,16H,4,13,15,17H2,1-3H3,(H,29,32). The average Bonchev–Trinajstić information content (AvgIpc) is 2.91. The number of amides is 1. The van der Waals surface area contributed by atoms with Crippen molar-refractivity contribution >= 4 is 22.6 Å². The summed E-state index contributed by atoms with van der Waals surface area (Å²) >= 11 is 0. The number of aryl methyl sites for hydroxylation is 2. The van der Waals surface area contributed by atoms with Gasteiger partial charge in [0.25, 0.3) is 5.56 Å². The van der Waals surface area contributed by atoms with E-state index in [0.717, 1.165) is 22.1 Å². The minimum Gasteiger partial charge on any atom is -0.493 e. The lowest BCUT2D eigenvalue weighted by Crippen LogP contribution is -2.42. The number of fused-ring (bicyclic) bond motifs is 1. The maximum Gasteiger partial charge on any atom is 0.333 e. The first-order valence-electron chi connectivity index (χ1n) is 11.6. The van der Waals surface area contributed by atoms with Crippen LogP contribution in [-0.4, -0.2) is 34.2 Å². The van der Waals surface area contributed by atoms with Crippen molar-refractivity contribution in [2.45, 2.75) is 32.9 Å². The maximum absolute atomic E-state index is 13.4. The fourth-order valence-corrected chi connectivity index (χ4v) is 4.03. The zero-order valence-corrected chi connectivity index (χ0v) is 20.5. The molecular weight excluding hydrogens is 460 g/mol. The molecular formula is C27H28N4O5. The van der Waals surface area contributed by atoms with Crippen molar-refractivity contribution in [1.29, 1.82) is 0 Å². The third kappa shape index (κ3) is 5.14. The number of anilines is 1. The van der Waals surface area contributed by atoms with Crippen molar-refractivity contribution in [2.75, 3.05) is 19.5 Å². The molecule has 36 heavy (non-hydrogen) atoms. The topological polar surface area (TPSA) is 104 Å². The second-order valence-corrected chi connectivity index (χ2v) is 8.24. The number of hydrogen-bond acceptors (Lipinski definition) is 6. The van der Waals surface area contributed by atoms with Gasteiger partial charge in [0.1, 0.15) is 12.2 Å². The lowest BCUT2D eigenvalue weighted by Gasteiger charge is -2.14. The van der Waals surface area contributed by atoms with Crippen molar-refractivity contribution < 1.29 is 14.3 Å². The van der Waals surface area contributed by atoms with Gasteiger partial charge in [0, 0.05) is 18.4 Å². The van der Waals surface area contributed by atoms with Crippen LogP contribution in [0.15, 0.2) is 70.4 Å². The third-order valence-corrected chi connectivity index (χ3v) is 6.00. The monoisotopic (exact) mass is 488 g/mol. The first-order valence-corrected chi connectivity index (χ1v) is 11.6. The number of benzene rings is 2. The Balaban J connectivity index is 1.64. The molecule has 0 saturated heterocycles. The highest BCUT2D eigenvalue weighted by atomic mass is 16.5. The number of rotatable bonds is 9. The summed E-state index contributed by atoms with van der Waals surface area (Å²) in [6.07, 6.45) is 2.79. The van der Waals surface area contributed by atoms with E-state index >= 15 is 0 Å². The molecule has 1 amide bonds. The minimum atomic E-state index is -0.594. The average molecular weight is 489 g/mol. The van der Waals surface area contributed by atoms with Gasteiger partial charge in [-0.05, 0) is 60.4 Å². The van der Waals surface area contributed by atoms with Gasteiger partial charge in [-0.2, -0.15) is 0 Å². The first kappa shape index (κ1) is 24.7. The predicted molar refractivity (Wildman–Crippen MR) is 138 cm³/mol. The van der Waals surface area contributed by atoms with Crippen LogP contribution in [0.5, 0.6) is 11.5 Å². The molecule has 0 bridgehead atoms. The summed E-state index contributed by atoms with van der Waals surface area (Å²) in [6.45, 7) is 1.90. The fraction of sp³-hybridized carbons (Fsp3) is 0.259. The van der Waals surface area contributed by atoms with Crippen LogP contribution in [0.4, 0.5) is 5.69 Å². The molecule has 0 saturated carbocycles. The quantitative estimate of drug-likeness (QED) is 0.388. The summed E-state index contributed by atoms with van der Waals surface area (Å²) in [6, 6.07) is 16.2. The van der Waals surface area contributed by atoms with Gasteiger partial charge in [-0.1, -0.05) is 25.1 Å². The molecule has 0 aliphatic carbocycles. The van der Waals surface area contributed by atoms with Crippen molar-refractivity contribution in [1.82, 2.24) is 14.1 Å². The lowest BCUT2D eigenvalue weighted by molar-refractivity contribution is -0.116. The Morgan fingerprint density at radius 2 is 1.67 bits per heavy atom. The third-order valence-electron chi connectivity index (χ3n) is 6.00.